The monoisotopic (exact) mass is 336 g/mol. The van der Waals surface area contributed by atoms with E-state index in [4.69, 9.17) is 0 Å². The predicted molar refractivity (Wildman–Crippen MR) is 90.4 cm³/mol. The van der Waals surface area contributed by atoms with Crippen LogP contribution in [0.3, 0.4) is 0 Å². The van der Waals surface area contributed by atoms with E-state index in [9.17, 15) is 20.1 Å². The first-order valence-corrected chi connectivity index (χ1v) is 9.67. The minimum atomic E-state index is -1.00. The molecule has 0 aromatic heterocycles. The highest BCUT2D eigenvalue weighted by molar-refractivity contribution is 5.75. The quantitative estimate of drug-likeness (QED) is 0.686. The molecule has 0 heterocycles. The minimum Gasteiger partial charge on any atom is -0.481 e. The Bertz CT molecular complexity index is 582. The normalized spacial score (nSPS) is 59.5. The fourth-order valence-electron chi connectivity index (χ4n) is 8.02. The van der Waals surface area contributed by atoms with Gasteiger partial charge in [0, 0.05) is 0 Å². The molecular weight excluding hydrogens is 304 g/mol. The van der Waals surface area contributed by atoms with Crippen molar-refractivity contribution in [2.75, 3.05) is 0 Å². The van der Waals surface area contributed by atoms with Crippen LogP contribution in [0.2, 0.25) is 0 Å². The first kappa shape index (κ1) is 16.8. The van der Waals surface area contributed by atoms with Crippen LogP contribution in [-0.2, 0) is 4.79 Å². The highest BCUT2D eigenvalue weighted by Crippen LogP contribution is 2.73. The van der Waals surface area contributed by atoms with Crippen LogP contribution in [0, 0.1) is 28.1 Å². The molecule has 1 spiro atoms. The summed E-state index contributed by atoms with van der Waals surface area (Å²) in [5, 5.41) is 31.8. The molecule has 0 amide bonds. The van der Waals surface area contributed by atoms with Gasteiger partial charge in [-0.3, -0.25) is 4.79 Å². The molecule has 0 saturated heterocycles. The lowest BCUT2D eigenvalue weighted by molar-refractivity contribution is -0.188. The molecule has 3 N–H and O–H groups in total. The molecular formula is C20H32O4. The third-order valence-corrected chi connectivity index (χ3v) is 9.12. The van der Waals surface area contributed by atoms with Crippen molar-refractivity contribution in [1.82, 2.24) is 0 Å². The zero-order valence-corrected chi connectivity index (χ0v) is 15.3. The third kappa shape index (κ3) is 1.79. The number of rotatable bonds is 1. The molecule has 136 valence electrons. The van der Waals surface area contributed by atoms with Crippen molar-refractivity contribution < 1.29 is 20.1 Å². The zero-order valence-electron chi connectivity index (χ0n) is 15.3. The molecule has 4 saturated carbocycles. The Morgan fingerprint density at radius 3 is 2.25 bits per heavy atom. The maximum absolute atomic E-state index is 12.1. The molecule has 0 aliphatic heterocycles. The lowest BCUT2D eigenvalue weighted by Crippen LogP contribution is -2.59. The third-order valence-electron chi connectivity index (χ3n) is 9.12. The van der Waals surface area contributed by atoms with Gasteiger partial charge in [-0.25, -0.2) is 0 Å². The van der Waals surface area contributed by atoms with Gasteiger partial charge >= 0.3 is 5.97 Å². The number of hydrogen-bond donors (Lipinski definition) is 3. The van der Waals surface area contributed by atoms with Crippen molar-refractivity contribution in [1.29, 1.82) is 0 Å². The van der Waals surface area contributed by atoms with Gasteiger partial charge < -0.3 is 15.3 Å². The Balaban J connectivity index is 1.76. The molecule has 4 rings (SSSR count). The van der Waals surface area contributed by atoms with Crippen molar-refractivity contribution in [2.45, 2.75) is 89.8 Å². The number of aliphatic hydroxyl groups is 2. The lowest BCUT2D eigenvalue weighted by atomic mass is 9.41. The van der Waals surface area contributed by atoms with Crippen LogP contribution in [0.15, 0.2) is 0 Å². The number of hydrogen-bond acceptors (Lipinski definition) is 3. The van der Waals surface area contributed by atoms with Gasteiger partial charge in [0.25, 0.3) is 0 Å². The fourth-order valence-corrected chi connectivity index (χ4v) is 8.02. The maximum Gasteiger partial charge on any atom is 0.309 e. The second-order valence-corrected chi connectivity index (χ2v) is 10.3. The maximum atomic E-state index is 12.1. The molecule has 4 fully saturated rings. The highest BCUT2D eigenvalue weighted by atomic mass is 16.4. The molecule has 24 heavy (non-hydrogen) atoms. The standard InChI is InChI=1S/C20H32O4/c1-16-7-4-8-17(2,15(21)22)13(16)5-9-19-11-18(3,23)20(24,12-19)10-6-14(16)19/h13-14,23-24H,4-12H2,1-3H3,(H,21,22). The van der Waals surface area contributed by atoms with E-state index in [1.807, 2.05) is 6.92 Å². The zero-order chi connectivity index (χ0) is 17.6. The molecule has 0 aromatic carbocycles. The topological polar surface area (TPSA) is 77.8 Å². The summed E-state index contributed by atoms with van der Waals surface area (Å²) in [7, 11) is 0. The molecule has 7 unspecified atom stereocenters. The van der Waals surface area contributed by atoms with Gasteiger partial charge in [-0.15, -0.1) is 0 Å². The number of aliphatic carboxylic acids is 1. The van der Waals surface area contributed by atoms with Crippen LogP contribution in [0.1, 0.15) is 78.6 Å². The highest BCUT2D eigenvalue weighted by Gasteiger charge is 2.71. The van der Waals surface area contributed by atoms with Crippen LogP contribution in [0.25, 0.3) is 0 Å². The van der Waals surface area contributed by atoms with E-state index in [1.54, 1.807) is 6.92 Å². The summed E-state index contributed by atoms with van der Waals surface area (Å²) in [5.41, 5.74) is -2.56. The van der Waals surface area contributed by atoms with E-state index >= 15 is 0 Å². The molecule has 4 aliphatic rings. The first-order chi connectivity index (χ1) is 11.0. The summed E-state index contributed by atoms with van der Waals surface area (Å²) in [6, 6.07) is 0. The lowest BCUT2D eigenvalue weighted by Gasteiger charge is -2.63. The van der Waals surface area contributed by atoms with Crippen LogP contribution in [-0.4, -0.2) is 32.5 Å². The Hall–Kier alpha value is -0.610. The van der Waals surface area contributed by atoms with E-state index in [2.05, 4.69) is 6.92 Å². The smallest absolute Gasteiger partial charge is 0.309 e. The van der Waals surface area contributed by atoms with Gasteiger partial charge in [-0.2, -0.15) is 0 Å². The first-order valence-electron chi connectivity index (χ1n) is 9.67. The van der Waals surface area contributed by atoms with Gasteiger partial charge in [-0.05, 0) is 87.9 Å². The van der Waals surface area contributed by atoms with Crippen molar-refractivity contribution in [3.05, 3.63) is 0 Å². The number of fused-ring (bicyclic) bond motifs is 3. The van der Waals surface area contributed by atoms with Crippen molar-refractivity contribution in [3.8, 4) is 0 Å². The molecule has 0 aromatic rings. The van der Waals surface area contributed by atoms with E-state index in [0.29, 0.717) is 25.2 Å². The molecule has 4 heteroatoms. The molecule has 4 aliphatic carbocycles. The predicted octanol–water partition coefficient (Wildman–Crippen LogP) is 3.35. The molecule has 2 bridgehead atoms. The van der Waals surface area contributed by atoms with E-state index in [-0.39, 0.29) is 16.7 Å². The van der Waals surface area contributed by atoms with E-state index < -0.39 is 22.6 Å². The Morgan fingerprint density at radius 2 is 1.58 bits per heavy atom. The van der Waals surface area contributed by atoms with Gasteiger partial charge in [0.05, 0.1) is 16.6 Å². The van der Waals surface area contributed by atoms with Crippen molar-refractivity contribution in [3.63, 3.8) is 0 Å². The average Bonchev–Trinajstić information content (AvgIpc) is 2.59. The van der Waals surface area contributed by atoms with Crippen LogP contribution < -0.4 is 0 Å². The minimum absolute atomic E-state index is 0.00148. The van der Waals surface area contributed by atoms with Gasteiger partial charge in [0.15, 0.2) is 0 Å². The average molecular weight is 336 g/mol. The Kier molecular flexibility index (Phi) is 3.20. The Labute approximate surface area is 144 Å². The van der Waals surface area contributed by atoms with Crippen molar-refractivity contribution in [2.24, 2.45) is 28.1 Å². The Morgan fingerprint density at radius 1 is 0.917 bits per heavy atom. The summed E-state index contributed by atoms with van der Waals surface area (Å²) < 4.78 is 0. The molecule has 0 radical (unpaired) electrons. The summed E-state index contributed by atoms with van der Waals surface area (Å²) >= 11 is 0. The summed E-state index contributed by atoms with van der Waals surface area (Å²) in [4.78, 5) is 12.1. The SMILES string of the molecule is CC1(C(=O)O)CCCC2(C)C3CCC4(O)CC3(CCC12)CC4(C)O. The van der Waals surface area contributed by atoms with E-state index in [0.717, 1.165) is 38.5 Å². The van der Waals surface area contributed by atoms with Gasteiger partial charge in [-0.1, -0.05) is 13.3 Å². The number of carbonyl (C=O) groups is 1. The van der Waals surface area contributed by atoms with Gasteiger partial charge in [0.1, 0.15) is 0 Å². The summed E-state index contributed by atoms with van der Waals surface area (Å²) in [5.74, 6) is 0.000648. The van der Waals surface area contributed by atoms with Crippen LogP contribution >= 0.6 is 0 Å². The van der Waals surface area contributed by atoms with Gasteiger partial charge in [0.2, 0.25) is 0 Å². The van der Waals surface area contributed by atoms with Crippen LogP contribution in [0.4, 0.5) is 0 Å². The molecule has 7 atom stereocenters. The number of carboxylic acids is 1. The largest absolute Gasteiger partial charge is 0.481 e. The second kappa shape index (κ2) is 4.56. The molecule has 4 nitrogen and oxygen atoms in total. The second-order valence-electron chi connectivity index (χ2n) is 10.3. The number of carboxylic acid groups (broad SMARTS) is 1. The van der Waals surface area contributed by atoms with Crippen LogP contribution in [0.5, 0.6) is 0 Å². The van der Waals surface area contributed by atoms with Crippen molar-refractivity contribution >= 4 is 5.97 Å². The fraction of sp³-hybridized carbons (Fsp3) is 0.950. The summed E-state index contributed by atoms with van der Waals surface area (Å²) in [6.07, 6.45) is 7.67. The summed E-state index contributed by atoms with van der Waals surface area (Å²) in [6.45, 7) is 6.08. The van der Waals surface area contributed by atoms with E-state index in [1.165, 1.54) is 0 Å².